The molecule has 0 fully saturated rings. The summed E-state index contributed by atoms with van der Waals surface area (Å²) in [5.74, 6) is 0. The Kier molecular flexibility index (Phi) is 4.07. The summed E-state index contributed by atoms with van der Waals surface area (Å²) >= 11 is 2.31. The summed E-state index contributed by atoms with van der Waals surface area (Å²) in [6.45, 7) is 6.92. The number of benzene rings is 1. The molecule has 96 valence electrons. The first-order valence-corrected chi connectivity index (χ1v) is 7.11. The highest BCUT2D eigenvalue weighted by Gasteiger charge is 2.14. The molecule has 1 aromatic carbocycles. The standard InChI is InChI=1S/C14H18IN3/c1-9(16)14-10(2)17-18(11(14)3)8-12-4-6-13(15)7-5-12/h4-7,9H,8,16H2,1-3H3. The summed E-state index contributed by atoms with van der Waals surface area (Å²) in [4.78, 5) is 0. The molecule has 1 heterocycles. The molecule has 0 bridgehead atoms. The van der Waals surface area contributed by atoms with Crippen LogP contribution in [0.15, 0.2) is 24.3 Å². The van der Waals surface area contributed by atoms with Gasteiger partial charge >= 0.3 is 0 Å². The van der Waals surface area contributed by atoms with E-state index in [-0.39, 0.29) is 6.04 Å². The second-order valence-electron chi connectivity index (χ2n) is 4.66. The van der Waals surface area contributed by atoms with Crippen molar-refractivity contribution in [3.8, 4) is 0 Å². The fourth-order valence-corrected chi connectivity index (χ4v) is 2.65. The molecule has 0 spiro atoms. The number of hydrogen-bond donors (Lipinski definition) is 1. The first kappa shape index (κ1) is 13.5. The number of hydrogen-bond acceptors (Lipinski definition) is 2. The minimum absolute atomic E-state index is 0.0375. The lowest BCUT2D eigenvalue weighted by atomic mass is 10.1. The first-order chi connectivity index (χ1) is 8.49. The maximum atomic E-state index is 5.99. The second-order valence-corrected chi connectivity index (χ2v) is 5.90. The minimum Gasteiger partial charge on any atom is -0.324 e. The molecule has 0 saturated heterocycles. The Labute approximate surface area is 122 Å². The maximum absolute atomic E-state index is 5.99. The fourth-order valence-electron chi connectivity index (χ4n) is 2.29. The van der Waals surface area contributed by atoms with E-state index < -0.39 is 0 Å². The summed E-state index contributed by atoms with van der Waals surface area (Å²) in [5.41, 5.74) is 10.6. The van der Waals surface area contributed by atoms with Gasteiger partial charge < -0.3 is 5.73 Å². The zero-order chi connectivity index (χ0) is 13.3. The van der Waals surface area contributed by atoms with E-state index in [1.807, 2.05) is 18.5 Å². The Morgan fingerprint density at radius 3 is 2.39 bits per heavy atom. The van der Waals surface area contributed by atoms with Gasteiger partial charge in [-0.1, -0.05) is 12.1 Å². The molecule has 2 N–H and O–H groups in total. The lowest BCUT2D eigenvalue weighted by Crippen LogP contribution is -2.09. The van der Waals surface area contributed by atoms with Gasteiger partial charge in [-0.2, -0.15) is 5.10 Å². The third-order valence-corrected chi connectivity index (χ3v) is 3.86. The smallest absolute Gasteiger partial charge is 0.0662 e. The van der Waals surface area contributed by atoms with E-state index in [0.717, 1.165) is 12.2 Å². The quantitative estimate of drug-likeness (QED) is 0.860. The van der Waals surface area contributed by atoms with Crippen molar-refractivity contribution in [2.24, 2.45) is 5.73 Å². The van der Waals surface area contributed by atoms with Crippen LogP contribution in [0.25, 0.3) is 0 Å². The van der Waals surface area contributed by atoms with E-state index in [9.17, 15) is 0 Å². The highest BCUT2D eigenvalue weighted by molar-refractivity contribution is 14.1. The molecular formula is C14H18IN3. The van der Waals surface area contributed by atoms with Gasteiger partial charge in [-0.15, -0.1) is 0 Å². The molecule has 1 unspecified atom stereocenters. The predicted molar refractivity (Wildman–Crippen MR) is 82.6 cm³/mol. The maximum Gasteiger partial charge on any atom is 0.0662 e. The van der Waals surface area contributed by atoms with Crippen molar-refractivity contribution in [3.63, 3.8) is 0 Å². The fraction of sp³-hybridized carbons (Fsp3) is 0.357. The molecule has 4 heteroatoms. The van der Waals surface area contributed by atoms with Crippen LogP contribution < -0.4 is 5.73 Å². The van der Waals surface area contributed by atoms with Crippen LogP contribution in [0.3, 0.4) is 0 Å². The lowest BCUT2D eigenvalue weighted by molar-refractivity contribution is 0.656. The summed E-state index contributed by atoms with van der Waals surface area (Å²) in [6, 6.07) is 8.56. The number of rotatable bonds is 3. The Morgan fingerprint density at radius 2 is 1.89 bits per heavy atom. The largest absolute Gasteiger partial charge is 0.324 e. The van der Waals surface area contributed by atoms with E-state index in [0.29, 0.717) is 0 Å². The molecule has 0 radical (unpaired) electrons. The van der Waals surface area contributed by atoms with Crippen LogP contribution in [0.1, 0.15) is 35.5 Å². The SMILES string of the molecule is Cc1nn(Cc2ccc(I)cc2)c(C)c1C(C)N. The third-order valence-electron chi connectivity index (χ3n) is 3.14. The molecule has 0 saturated carbocycles. The van der Waals surface area contributed by atoms with E-state index >= 15 is 0 Å². The van der Waals surface area contributed by atoms with Gasteiger partial charge in [-0.3, -0.25) is 4.68 Å². The van der Waals surface area contributed by atoms with Gasteiger partial charge in [0.25, 0.3) is 0 Å². The second kappa shape index (κ2) is 5.40. The van der Waals surface area contributed by atoms with Gasteiger partial charge in [0, 0.05) is 20.9 Å². The van der Waals surface area contributed by atoms with Gasteiger partial charge in [0.2, 0.25) is 0 Å². The molecule has 0 aliphatic rings. The minimum atomic E-state index is 0.0375. The summed E-state index contributed by atoms with van der Waals surface area (Å²) in [5, 5.41) is 4.58. The number of nitrogens with two attached hydrogens (primary N) is 1. The van der Waals surface area contributed by atoms with Crippen molar-refractivity contribution in [1.29, 1.82) is 0 Å². The van der Waals surface area contributed by atoms with E-state index in [4.69, 9.17) is 5.73 Å². The van der Waals surface area contributed by atoms with E-state index in [1.54, 1.807) is 0 Å². The topological polar surface area (TPSA) is 43.8 Å². The average molecular weight is 355 g/mol. The molecule has 0 aliphatic carbocycles. The Balaban J connectivity index is 2.30. The third kappa shape index (κ3) is 2.75. The van der Waals surface area contributed by atoms with Crippen molar-refractivity contribution < 1.29 is 0 Å². The molecule has 0 aliphatic heterocycles. The average Bonchev–Trinajstić information content (AvgIpc) is 2.57. The van der Waals surface area contributed by atoms with Crippen LogP contribution >= 0.6 is 22.6 Å². The summed E-state index contributed by atoms with van der Waals surface area (Å²) < 4.78 is 3.29. The zero-order valence-corrected chi connectivity index (χ0v) is 13.1. The van der Waals surface area contributed by atoms with E-state index in [1.165, 1.54) is 20.4 Å². The monoisotopic (exact) mass is 355 g/mol. The van der Waals surface area contributed by atoms with Crippen LogP contribution in [-0.2, 0) is 6.54 Å². The van der Waals surface area contributed by atoms with Crippen molar-refractivity contribution in [1.82, 2.24) is 9.78 Å². The number of aromatic nitrogens is 2. The van der Waals surface area contributed by atoms with Crippen LogP contribution in [0.5, 0.6) is 0 Å². The molecule has 2 aromatic rings. The lowest BCUT2D eigenvalue weighted by Gasteiger charge is -2.08. The Hall–Kier alpha value is -0.880. The summed E-state index contributed by atoms with van der Waals surface area (Å²) in [7, 11) is 0. The Bertz CT molecular complexity index is 541. The van der Waals surface area contributed by atoms with Gasteiger partial charge in [-0.05, 0) is 61.1 Å². The van der Waals surface area contributed by atoms with Crippen LogP contribution in [0.2, 0.25) is 0 Å². The molecule has 1 aromatic heterocycles. The number of aryl methyl sites for hydroxylation is 1. The summed E-state index contributed by atoms with van der Waals surface area (Å²) in [6.07, 6.45) is 0. The Morgan fingerprint density at radius 1 is 1.28 bits per heavy atom. The van der Waals surface area contributed by atoms with Crippen molar-refractivity contribution >= 4 is 22.6 Å². The molecule has 2 rings (SSSR count). The van der Waals surface area contributed by atoms with Crippen LogP contribution in [-0.4, -0.2) is 9.78 Å². The van der Waals surface area contributed by atoms with Gasteiger partial charge in [-0.25, -0.2) is 0 Å². The highest BCUT2D eigenvalue weighted by atomic mass is 127. The molecule has 1 atom stereocenters. The number of halogens is 1. The van der Waals surface area contributed by atoms with E-state index in [2.05, 4.69) is 58.9 Å². The van der Waals surface area contributed by atoms with Crippen LogP contribution in [0.4, 0.5) is 0 Å². The highest BCUT2D eigenvalue weighted by Crippen LogP contribution is 2.20. The molecular weight excluding hydrogens is 337 g/mol. The van der Waals surface area contributed by atoms with Gasteiger partial charge in [0.1, 0.15) is 0 Å². The van der Waals surface area contributed by atoms with Crippen molar-refractivity contribution in [2.45, 2.75) is 33.4 Å². The molecule has 3 nitrogen and oxygen atoms in total. The van der Waals surface area contributed by atoms with Crippen molar-refractivity contribution in [2.75, 3.05) is 0 Å². The normalized spacial score (nSPS) is 12.7. The predicted octanol–water partition coefficient (Wildman–Crippen LogP) is 3.17. The molecule has 0 amide bonds. The van der Waals surface area contributed by atoms with Gasteiger partial charge in [0.05, 0.1) is 12.2 Å². The van der Waals surface area contributed by atoms with Crippen LogP contribution in [0, 0.1) is 17.4 Å². The van der Waals surface area contributed by atoms with Crippen molar-refractivity contribution in [3.05, 3.63) is 50.4 Å². The zero-order valence-electron chi connectivity index (χ0n) is 10.9. The first-order valence-electron chi connectivity index (χ1n) is 6.03. The van der Waals surface area contributed by atoms with Gasteiger partial charge in [0.15, 0.2) is 0 Å². The number of nitrogens with zero attached hydrogens (tertiary/aromatic N) is 2. The molecule has 18 heavy (non-hydrogen) atoms.